The topological polar surface area (TPSA) is 64.9 Å². The van der Waals surface area contributed by atoms with Gasteiger partial charge in [0.25, 0.3) is 0 Å². The monoisotopic (exact) mass is 215 g/mol. The van der Waals surface area contributed by atoms with Crippen molar-refractivity contribution < 1.29 is 4.42 Å². The van der Waals surface area contributed by atoms with Gasteiger partial charge in [-0.25, -0.2) is 4.98 Å². The van der Waals surface area contributed by atoms with Crippen molar-refractivity contribution in [1.29, 1.82) is 0 Å². The Bertz CT molecular complexity index is 545. The molecule has 3 rings (SSSR count). The van der Waals surface area contributed by atoms with Gasteiger partial charge in [0.2, 0.25) is 0 Å². The highest BCUT2D eigenvalue weighted by Crippen LogP contribution is 2.36. The van der Waals surface area contributed by atoms with Crippen molar-refractivity contribution in [3.05, 3.63) is 35.2 Å². The number of hydrogen-bond donors (Lipinski definition) is 1. The number of hydrogen-bond acceptors (Lipinski definition) is 4. The molecule has 2 aromatic heterocycles. The highest BCUT2D eigenvalue weighted by molar-refractivity contribution is 5.70. The molecule has 0 saturated heterocycles. The molecule has 82 valence electrons. The lowest BCUT2D eigenvalue weighted by Gasteiger charge is -2.01. The molecule has 4 heteroatoms. The van der Waals surface area contributed by atoms with Crippen molar-refractivity contribution in [1.82, 2.24) is 9.97 Å². The number of nitrogens with two attached hydrogens (primary N) is 1. The van der Waals surface area contributed by atoms with Gasteiger partial charge in [-0.15, -0.1) is 0 Å². The van der Waals surface area contributed by atoms with Gasteiger partial charge in [0.15, 0.2) is 0 Å². The summed E-state index contributed by atoms with van der Waals surface area (Å²) in [5.74, 6) is 1.92. The van der Waals surface area contributed by atoms with Gasteiger partial charge in [0.1, 0.15) is 11.5 Å². The molecule has 0 bridgehead atoms. The van der Waals surface area contributed by atoms with Gasteiger partial charge in [0.05, 0.1) is 23.5 Å². The van der Waals surface area contributed by atoms with E-state index >= 15 is 0 Å². The number of fused-ring (bicyclic) bond motifs is 3. The molecule has 1 aliphatic carbocycles. The van der Waals surface area contributed by atoms with Crippen molar-refractivity contribution in [2.24, 2.45) is 5.73 Å². The van der Waals surface area contributed by atoms with Crippen LogP contribution < -0.4 is 5.73 Å². The van der Waals surface area contributed by atoms with Gasteiger partial charge in [-0.3, -0.25) is 4.98 Å². The van der Waals surface area contributed by atoms with Crippen LogP contribution in [0.4, 0.5) is 0 Å². The van der Waals surface area contributed by atoms with E-state index in [0.717, 1.165) is 47.0 Å². The van der Waals surface area contributed by atoms with Crippen LogP contribution in [0.1, 0.15) is 22.9 Å². The second-order valence-electron chi connectivity index (χ2n) is 4.07. The fourth-order valence-electron chi connectivity index (χ4n) is 2.11. The van der Waals surface area contributed by atoms with Gasteiger partial charge in [-0.2, -0.15) is 0 Å². The zero-order valence-electron chi connectivity index (χ0n) is 9.16. The second kappa shape index (κ2) is 3.42. The van der Waals surface area contributed by atoms with E-state index in [2.05, 4.69) is 9.97 Å². The first-order valence-electron chi connectivity index (χ1n) is 5.42. The standard InChI is InChI=1S/C12H13N3O/c1-7-4-9-11(16-7)5-10-12(9)15-8(2-3-13)6-14-10/h4,6H,2-3,5,13H2,1H3. The lowest BCUT2D eigenvalue weighted by Crippen LogP contribution is -2.06. The number of furan rings is 1. The Kier molecular flexibility index (Phi) is 2.04. The molecule has 0 aromatic carbocycles. The number of nitrogens with zero attached hydrogens (tertiary/aromatic N) is 2. The van der Waals surface area contributed by atoms with Crippen LogP contribution in [0.15, 0.2) is 16.7 Å². The molecule has 1 aliphatic rings. The summed E-state index contributed by atoms with van der Waals surface area (Å²) in [4.78, 5) is 9.01. The van der Waals surface area contributed by atoms with E-state index in [1.807, 2.05) is 19.2 Å². The van der Waals surface area contributed by atoms with Crippen molar-refractivity contribution >= 4 is 0 Å². The summed E-state index contributed by atoms with van der Waals surface area (Å²) < 4.78 is 5.60. The van der Waals surface area contributed by atoms with E-state index in [4.69, 9.17) is 10.2 Å². The van der Waals surface area contributed by atoms with Gasteiger partial charge >= 0.3 is 0 Å². The number of rotatable bonds is 2. The molecular weight excluding hydrogens is 202 g/mol. The largest absolute Gasteiger partial charge is 0.465 e. The molecule has 2 heterocycles. The normalized spacial score (nSPS) is 12.6. The highest BCUT2D eigenvalue weighted by Gasteiger charge is 2.25. The predicted octanol–water partition coefficient (Wildman–Crippen LogP) is 1.45. The third-order valence-electron chi connectivity index (χ3n) is 2.81. The zero-order valence-corrected chi connectivity index (χ0v) is 9.16. The molecule has 2 aromatic rings. The Morgan fingerprint density at radius 2 is 2.38 bits per heavy atom. The van der Waals surface area contributed by atoms with Crippen LogP contribution in [0.3, 0.4) is 0 Å². The molecule has 0 aliphatic heterocycles. The summed E-state index contributed by atoms with van der Waals surface area (Å²) in [6.07, 6.45) is 3.34. The van der Waals surface area contributed by atoms with Crippen LogP contribution in [0.25, 0.3) is 11.3 Å². The smallest absolute Gasteiger partial charge is 0.119 e. The van der Waals surface area contributed by atoms with Crippen molar-refractivity contribution in [3.8, 4) is 11.3 Å². The molecule has 0 spiro atoms. The second-order valence-corrected chi connectivity index (χ2v) is 4.07. The van der Waals surface area contributed by atoms with Crippen LogP contribution >= 0.6 is 0 Å². The summed E-state index contributed by atoms with van der Waals surface area (Å²) >= 11 is 0. The van der Waals surface area contributed by atoms with E-state index in [1.54, 1.807) is 0 Å². The van der Waals surface area contributed by atoms with E-state index in [1.165, 1.54) is 0 Å². The molecule has 0 radical (unpaired) electrons. The van der Waals surface area contributed by atoms with E-state index in [9.17, 15) is 0 Å². The zero-order chi connectivity index (χ0) is 11.1. The molecule has 0 saturated carbocycles. The lowest BCUT2D eigenvalue weighted by molar-refractivity contribution is 0.495. The summed E-state index contributed by atoms with van der Waals surface area (Å²) in [6, 6.07) is 2.03. The summed E-state index contributed by atoms with van der Waals surface area (Å²) in [7, 11) is 0. The minimum absolute atomic E-state index is 0.602. The van der Waals surface area contributed by atoms with Crippen LogP contribution in [0.2, 0.25) is 0 Å². The molecule has 16 heavy (non-hydrogen) atoms. The summed E-state index contributed by atoms with van der Waals surface area (Å²) in [5.41, 5.74) is 9.55. The van der Waals surface area contributed by atoms with E-state index in [-0.39, 0.29) is 0 Å². The Labute approximate surface area is 93.5 Å². The van der Waals surface area contributed by atoms with E-state index in [0.29, 0.717) is 6.54 Å². The predicted molar refractivity (Wildman–Crippen MR) is 60.0 cm³/mol. The SMILES string of the molecule is Cc1cc2c(o1)Cc1ncc(CCN)nc1-2. The Balaban J connectivity index is 2.10. The van der Waals surface area contributed by atoms with Crippen molar-refractivity contribution in [2.75, 3.05) is 6.54 Å². The highest BCUT2D eigenvalue weighted by atomic mass is 16.3. The maximum Gasteiger partial charge on any atom is 0.119 e. The fourth-order valence-corrected chi connectivity index (χ4v) is 2.11. The third-order valence-corrected chi connectivity index (χ3v) is 2.81. The maximum atomic E-state index is 5.60. The minimum atomic E-state index is 0.602. The summed E-state index contributed by atoms with van der Waals surface area (Å²) in [5, 5.41) is 0. The van der Waals surface area contributed by atoms with Crippen LogP contribution in [-0.2, 0) is 12.8 Å². The molecular formula is C12H13N3O. The van der Waals surface area contributed by atoms with Crippen LogP contribution in [-0.4, -0.2) is 16.5 Å². The van der Waals surface area contributed by atoms with Gasteiger partial charge in [-0.1, -0.05) is 0 Å². The molecule has 4 nitrogen and oxygen atoms in total. The average Bonchev–Trinajstić information content (AvgIpc) is 2.75. The molecule has 0 fully saturated rings. The van der Waals surface area contributed by atoms with Crippen LogP contribution in [0, 0.1) is 6.92 Å². The van der Waals surface area contributed by atoms with E-state index < -0.39 is 0 Å². The van der Waals surface area contributed by atoms with Crippen LogP contribution in [0.5, 0.6) is 0 Å². The molecule has 0 amide bonds. The molecule has 2 N–H and O–H groups in total. The number of aromatic nitrogens is 2. The number of aryl methyl sites for hydroxylation is 1. The maximum absolute atomic E-state index is 5.60. The minimum Gasteiger partial charge on any atom is -0.465 e. The first-order valence-corrected chi connectivity index (χ1v) is 5.42. The molecule has 0 atom stereocenters. The van der Waals surface area contributed by atoms with Crippen molar-refractivity contribution in [3.63, 3.8) is 0 Å². The molecule has 0 unspecified atom stereocenters. The fraction of sp³-hybridized carbons (Fsp3) is 0.333. The Morgan fingerprint density at radius 3 is 3.19 bits per heavy atom. The Morgan fingerprint density at radius 1 is 1.50 bits per heavy atom. The first kappa shape index (κ1) is 9.54. The lowest BCUT2D eigenvalue weighted by atomic mass is 10.2. The van der Waals surface area contributed by atoms with Crippen molar-refractivity contribution in [2.45, 2.75) is 19.8 Å². The first-order chi connectivity index (χ1) is 7.78. The third kappa shape index (κ3) is 1.34. The van der Waals surface area contributed by atoms with Gasteiger partial charge in [-0.05, 0) is 19.5 Å². The van der Waals surface area contributed by atoms with Gasteiger partial charge in [0, 0.05) is 18.2 Å². The summed E-state index contributed by atoms with van der Waals surface area (Å²) in [6.45, 7) is 2.56. The van der Waals surface area contributed by atoms with Gasteiger partial charge < -0.3 is 10.2 Å². The Hall–Kier alpha value is -1.68. The quantitative estimate of drug-likeness (QED) is 0.702. The average molecular weight is 215 g/mol.